The maximum Gasteiger partial charge on any atom is 0.326 e. The molecule has 1 aliphatic carbocycles. The first-order valence-electron chi connectivity index (χ1n) is 9.94. The summed E-state index contributed by atoms with van der Waals surface area (Å²) in [6, 6.07) is 2.53. The van der Waals surface area contributed by atoms with E-state index in [0.29, 0.717) is 23.5 Å². The fourth-order valence-corrected chi connectivity index (χ4v) is 3.23. The van der Waals surface area contributed by atoms with Crippen molar-refractivity contribution in [2.75, 3.05) is 5.32 Å². The van der Waals surface area contributed by atoms with E-state index >= 15 is 0 Å². The molecule has 1 amide bonds. The molecule has 3 N–H and O–H groups in total. The van der Waals surface area contributed by atoms with Gasteiger partial charge in [0.15, 0.2) is 0 Å². The third-order valence-electron chi connectivity index (χ3n) is 5.14. The summed E-state index contributed by atoms with van der Waals surface area (Å²) in [5.74, 6) is -0.127. The molecule has 152 valence electrons. The molecule has 0 spiro atoms. The summed E-state index contributed by atoms with van der Waals surface area (Å²) in [5, 5.41) is 15.6. The summed E-state index contributed by atoms with van der Waals surface area (Å²) >= 11 is 0. The lowest BCUT2D eigenvalue weighted by molar-refractivity contribution is -0.140. The second kappa shape index (κ2) is 7.45. The van der Waals surface area contributed by atoms with E-state index in [9.17, 15) is 14.7 Å². The zero-order valence-corrected chi connectivity index (χ0v) is 17.2. The number of aromatic nitrogens is 2. The Morgan fingerprint density at radius 3 is 2.57 bits per heavy atom. The van der Waals surface area contributed by atoms with Crippen LogP contribution in [0.4, 0.5) is 5.82 Å². The van der Waals surface area contributed by atoms with Crippen LogP contribution in [0.15, 0.2) is 18.3 Å². The lowest BCUT2D eigenvalue weighted by Gasteiger charge is -2.22. The fourth-order valence-electron chi connectivity index (χ4n) is 3.23. The van der Waals surface area contributed by atoms with Crippen LogP contribution in [0, 0.1) is 5.92 Å². The van der Waals surface area contributed by atoms with Gasteiger partial charge >= 0.3 is 5.97 Å². The monoisotopic (exact) mass is 386 g/mol. The molecule has 0 radical (unpaired) electrons. The molecule has 7 nitrogen and oxygen atoms in total. The van der Waals surface area contributed by atoms with E-state index in [1.165, 1.54) is 0 Å². The number of carbonyl (C=O) groups is 2. The summed E-state index contributed by atoms with van der Waals surface area (Å²) in [7, 11) is 0. The van der Waals surface area contributed by atoms with Crippen molar-refractivity contribution in [1.29, 1.82) is 0 Å². The number of anilines is 1. The molecular formula is C21H30N4O3. The Labute approximate surface area is 165 Å². The summed E-state index contributed by atoms with van der Waals surface area (Å²) in [6.07, 6.45) is 4.76. The van der Waals surface area contributed by atoms with E-state index in [0.717, 1.165) is 24.4 Å². The quantitative estimate of drug-likeness (QED) is 0.675. The van der Waals surface area contributed by atoms with Crippen LogP contribution in [0.1, 0.15) is 75.9 Å². The van der Waals surface area contributed by atoms with Crippen LogP contribution in [0.25, 0.3) is 5.65 Å². The van der Waals surface area contributed by atoms with Crippen LogP contribution in [0.5, 0.6) is 0 Å². The highest BCUT2D eigenvalue weighted by atomic mass is 16.4. The molecule has 0 aliphatic heterocycles. The van der Waals surface area contributed by atoms with E-state index in [1.54, 1.807) is 12.1 Å². The largest absolute Gasteiger partial charge is 0.480 e. The van der Waals surface area contributed by atoms with Crippen molar-refractivity contribution in [1.82, 2.24) is 14.7 Å². The number of carboxylic acid groups (broad SMARTS) is 1. The third-order valence-corrected chi connectivity index (χ3v) is 5.14. The topological polar surface area (TPSA) is 95.7 Å². The summed E-state index contributed by atoms with van der Waals surface area (Å²) < 4.78 is 1.97. The van der Waals surface area contributed by atoms with Crippen LogP contribution in [-0.2, 0) is 4.79 Å². The minimum Gasteiger partial charge on any atom is -0.480 e. The number of carboxylic acids is 1. The number of hydrogen-bond acceptors (Lipinski definition) is 4. The van der Waals surface area contributed by atoms with Crippen LogP contribution < -0.4 is 10.6 Å². The second-order valence-electron chi connectivity index (χ2n) is 8.81. The number of pyridine rings is 1. The van der Waals surface area contributed by atoms with Gasteiger partial charge in [-0.2, -0.15) is 0 Å². The molecule has 0 aromatic carbocycles. The molecule has 1 aliphatic rings. The predicted molar refractivity (Wildman–Crippen MR) is 109 cm³/mol. The number of imidazole rings is 1. The number of nitrogens with zero attached hydrogens (tertiary/aromatic N) is 2. The van der Waals surface area contributed by atoms with Crippen LogP contribution in [-0.4, -0.2) is 37.9 Å². The van der Waals surface area contributed by atoms with Crippen LogP contribution >= 0.6 is 0 Å². The summed E-state index contributed by atoms with van der Waals surface area (Å²) in [4.78, 5) is 28.9. The maximum absolute atomic E-state index is 12.7. The van der Waals surface area contributed by atoms with Gasteiger partial charge in [-0.3, -0.25) is 9.20 Å². The van der Waals surface area contributed by atoms with E-state index in [4.69, 9.17) is 4.98 Å². The van der Waals surface area contributed by atoms with Gasteiger partial charge in [0.25, 0.3) is 5.91 Å². The van der Waals surface area contributed by atoms with Crippen molar-refractivity contribution in [2.45, 2.75) is 71.4 Å². The number of aliphatic carboxylic acids is 1. The second-order valence-corrected chi connectivity index (χ2v) is 8.81. The number of amides is 1. The van der Waals surface area contributed by atoms with E-state index in [1.807, 2.05) is 24.4 Å². The number of nitrogens with one attached hydrogen (secondary N) is 2. The molecule has 2 atom stereocenters. The summed E-state index contributed by atoms with van der Waals surface area (Å²) in [5.41, 5.74) is 2.03. The summed E-state index contributed by atoms with van der Waals surface area (Å²) in [6.45, 7) is 10.0. The fraction of sp³-hybridized carbons (Fsp3) is 0.571. The smallest absolute Gasteiger partial charge is 0.326 e. The first kappa shape index (κ1) is 20.2. The van der Waals surface area contributed by atoms with E-state index in [2.05, 4.69) is 31.4 Å². The molecule has 2 aromatic heterocycles. The van der Waals surface area contributed by atoms with Gasteiger partial charge in [-0.25, -0.2) is 9.78 Å². The zero-order valence-electron chi connectivity index (χ0n) is 17.2. The predicted octanol–water partition coefficient (Wildman–Crippen LogP) is 3.65. The van der Waals surface area contributed by atoms with Crippen LogP contribution in [0.3, 0.4) is 0 Å². The van der Waals surface area contributed by atoms with Crippen molar-refractivity contribution < 1.29 is 14.7 Å². The Kier molecular flexibility index (Phi) is 5.37. The standard InChI is InChI=1S/C21H30N4O3/c1-6-12(2)16(20(27)28)23-19(26)14-9-10-25-15(11-14)22-17(13-7-8-13)18(25)24-21(3,4)5/h9-13,16,24H,6-8H2,1-5H3,(H,23,26)(H,27,28). The van der Waals surface area contributed by atoms with Crippen molar-refractivity contribution in [3.05, 3.63) is 29.6 Å². The van der Waals surface area contributed by atoms with Crippen molar-refractivity contribution in [2.24, 2.45) is 5.92 Å². The highest BCUT2D eigenvalue weighted by molar-refractivity contribution is 5.97. The first-order valence-corrected chi connectivity index (χ1v) is 9.94. The van der Waals surface area contributed by atoms with Crippen LogP contribution in [0.2, 0.25) is 0 Å². The molecule has 0 saturated heterocycles. The minimum atomic E-state index is -1.02. The zero-order chi connectivity index (χ0) is 20.6. The molecule has 3 rings (SSSR count). The van der Waals surface area contributed by atoms with Gasteiger partial charge in [0.1, 0.15) is 17.5 Å². The molecule has 7 heteroatoms. The molecule has 0 bridgehead atoms. The van der Waals surface area contributed by atoms with Gasteiger partial charge in [-0.05, 0) is 51.7 Å². The van der Waals surface area contributed by atoms with Gasteiger partial charge in [0.2, 0.25) is 0 Å². The lowest BCUT2D eigenvalue weighted by atomic mass is 9.99. The first-order chi connectivity index (χ1) is 13.1. The Morgan fingerprint density at radius 1 is 1.36 bits per heavy atom. The highest BCUT2D eigenvalue weighted by Gasteiger charge is 2.32. The maximum atomic E-state index is 12.7. The number of rotatable bonds is 7. The number of carbonyl (C=O) groups excluding carboxylic acids is 1. The number of hydrogen-bond donors (Lipinski definition) is 3. The average molecular weight is 386 g/mol. The van der Waals surface area contributed by atoms with Crippen molar-refractivity contribution >= 4 is 23.3 Å². The minimum absolute atomic E-state index is 0.110. The lowest BCUT2D eigenvalue weighted by Crippen LogP contribution is -2.45. The Balaban J connectivity index is 1.92. The van der Waals surface area contributed by atoms with Gasteiger partial charge in [0, 0.05) is 23.2 Å². The molecule has 2 aromatic rings. The molecule has 1 saturated carbocycles. The molecule has 2 heterocycles. The van der Waals surface area contributed by atoms with E-state index in [-0.39, 0.29) is 11.5 Å². The third kappa shape index (κ3) is 4.29. The van der Waals surface area contributed by atoms with Gasteiger partial charge < -0.3 is 15.7 Å². The normalized spacial score (nSPS) is 16.6. The highest BCUT2D eigenvalue weighted by Crippen LogP contribution is 2.43. The number of fused-ring (bicyclic) bond motifs is 1. The SMILES string of the molecule is CCC(C)C(NC(=O)c1ccn2c(NC(C)(C)C)c(C3CC3)nc2c1)C(=O)O. The average Bonchev–Trinajstić information content (AvgIpc) is 3.40. The van der Waals surface area contributed by atoms with Crippen molar-refractivity contribution in [3.63, 3.8) is 0 Å². The van der Waals surface area contributed by atoms with Gasteiger partial charge in [-0.1, -0.05) is 20.3 Å². The molecule has 2 unspecified atom stereocenters. The van der Waals surface area contributed by atoms with Gasteiger partial charge in [-0.15, -0.1) is 0 Å². The molecular weight excluding hydrogens is 356 g/mol. The Morgan fingerprint density at radius 2 is 2.04 bits per heavy atom. The van der Waals surface area contributed by atoms with E-state index < -0.39 is 17.9 Å². The molecule has 1 fully saturated rings. The van der Waals surface area contributed by atoms with Gasteiger partial charge in [0.05, 0.1) is 5.69 Å². The Bertz CT molecular complexity index is 893. The molecule has 28 heavy (non-hydrogen) atoms. The van der Waals surface area contributed by atoms with Crippen molar-refractivity contribution in [3.8, 4) is 0 Å². The Hall–Kier alpha value is -2.57.